The first kappa shape index (κ1) is 22.8. The average molecular weight is 473 g/mol. The van der Waals surface area contributed by atoms with Gasteiger partial charge in [-0.05, 0) is 49.6 Å². The number of carboxylic acids is 1. The Morgan fingerprint density at radius 2 is 2.06 bits per heavy atom. The van der Waals surface area contributed by atoms with Crippen molar-refractivity contribution in [3.05, 3.63) is 71.7 Å². The molecule has 2 N–H and O–H groups in total. The zero-order chi connectivity index (χ0) is 24.4. The normalized spacial score (nSPS) is 15.9. The lowest BCUT2D eigenvalue weighted by molar-refractivity contribution is -0.137. The van der Waals surface area contributed by atoms with Crippen LogP contribution in [0.2, 0.25) is 0 Å². The Morgan fingerprint density at radius 1 is 1.23 bits per heavy atom. The van der Waals surface area contributed by atoms with Crippen LogP contribution in [0.25, 0.3) is 10.9 Å². The van der Waals surface area contributed by atoms with Crippen molar-refractivity contribution < 1.29 is 14.6 Å². The van der Waals surface area contributed by atoms with Crippen LogP contribution in [-0.2, 0) is 17.6 Å². The lowest BCUT2D eigenvalue weighted by Gasteiger charge is -2.22. The van der Waals surface area contributed by atoms with E-state index in [9.17, 15) is 9.90 Å². The number of carboxylic acid groups (broad SMARTS) is 1. The number of aryl methyl sites for hydroxylation is 1. The molecule has 0 spiro atoms. The number of hydrogen-bond acceptors (Lipinski definition) is 7. The molecule has 4 heterocycles. The van der Waals surface area contributed by atoms with Gasteiger partial charge in [-0.15, -0.1) is 0 Å². The fourth-order valence-electron chi connectivity index (χ4n) is 4.42. The van der Waals surface area contributed by atoms with Crippen molar-refractivity contribution in [3.8, 4) is 5.75 Å². The van der Waals surface area contributed by atoms with E-state index < -0.39 is 12.0 Å². The summed E-state index contributed by atoms with van der Waals surface area (Å²) in [4.78, 5) is 24.8. The molecule has 5 rings (SSSR count). The smallest absolute Gasteiger partial charge is 0.305 e. The van der Waals surface area contributed by atoms with Gasteiger partial charge in [-0.2, -0.15) is 5.10 Å². The van der Waals surface area contributed by atoms with Crippen molar-refractivity contribution in [2.24, 2.45) is 5.92 Å². The predicted octanol–water partition coefficient (Wildman–Crippen LogP) is 3.82. The highest BCUT2D eigenvalue weighted by Crippen LogP contribution is 2.28. The second-order valence-electron chi connectivity index (χ2n) is 9.07. The van der Waals surface area contributed by atoms with Crippen LogP contribution in [0, 0.1) is 12.8 Å². The third-order valence-electron chi connectivity index (χ3n) is 6.26. The van der Waals surface area contributed by atoms with E-state index in [1.807, 2.05) is 18.2 Å². The van der Waals surface area contributed by atoms with Gasteiger partial charge in [-0.25, -0.2) is 9.97 Å². The Morgan fingerprint density at radius 3 is 2.86 bits per heavy atom. The molecular formula is C26H28N6O3. The van der Waals surface area contributed by atoms with E-state index >= 15 is 0 Å². The van der Waals surface area contributed by atoms with Crippen LogP contribution < -0.4 is 10.1 Å². The van der Waals surface area contributed by atoms with Crippen LogP contribution >= 0.6 is 0 Å². The number of aromatic nitrogens is 5. The number of hydrogen-bond donors (Lipinski definition) is 2. The van der Waals surface area contributed by atoms with Crippen LogP contribution in [0.15, 0.2) is 48.9 Å². The molecular weight excluding hydrogens is 444 g/mol. The van der Waals surface area contributed by atoms with Gasteiger partial charge in [0, 0.05) is 42.0 Å². The third-order valence-corrected chi connectivity index (χ3v) is 6.26. The summed E-state index contributed by atoms with van der Waals surface area (Å²) in [7, 11) is 0. The molecule has 0 unspecified atom stereocenters. The first-order valence-electron chi connectivity index (χ1n) is 11.8. The van der Waals surface area contributed by atoms with Crippen LogP contribution in [0.5, 0.6) is 5.75 Å². The second-order valence-corrected chi connectivity index (χ2v) is 9.07. The molecule has 0 fully saturated rings. The maximum absolute atomic E-state index is 11.6. The molecule has 4 aromatic rings. The molecule has 2 atom stereocenters. The molecule has 0 aliphatic carbocycles. The third kappa shape index (κ3) is 5.08. The highest BCUT2D eigenvalue weighted by atomic mass is 16.5. The van der Waals surface area contributed by atoms with Gasteiger partial charge in [0.25, 0.3) is 0 Å². The Bertz CT molecular complexity index is 1350. The summed E-state index contributed by atoms with van der Waals surface area (Å²) in [6.45, 7) is 5.52. The molecule has 9 nitrogen and oxygen atoms in total. The summed E-state index contributed by atoms with van der Waals surface area (Å²) < 4.78 is 7.72. The quantitative estimate of drug-likeness (QED) is 0.398. The summed E-state index contributed by atoms with van der Waals surface area (Å²) in [5, 5.41) is 18.3. The molecule has 1 aliphatic heterocycles. The summed E-state index contributed by atoms with van der Waals surface area (Å²) in [5.41, 5.74) is 4.80. The molecule has 180 valence electrons. The van der Waals surface area contributed by atoms with Gasteiger partial charge in [0.15, 0.2) is 0 Å². The van der Waals surface area contributed by atoms with E-state index in [1.165, 1.54) is 0 Å². The highest BCUT2D eigenvalue weighted by molar-refractivity contribution is 5.81. The first-order chi connectivity index (χ1) is 17.0. The van der Waals surface area contributed by atoms with E-state index in [0.29, 0.717) is 30.3 Å². The Hall–Kier alpha value is -4.01. The van der Waals surface area contributed by atoms with Gasteiger partial charge < -0.3 is 15.2 Å². The van der Waals surface area contributed by atoms with Crippen LogP contribution in [-0.4, -0.2) is 49.0 Å². The molecule has 3 aromatic heterocycles. The Kier molecular flexibility index (Phi) is 6.31. The monoisotopic (exact) mass is 472 g/mol. The molecule has 0 radical (unpaired) electrons. The molecule has 9 heteroatoms. The zero-order valence-corrected chi connectivity index (χ0v) is 19.8. The first-order valence-corrected chi connectivity index (χ1v) is 11.8. The Balaban J connectivity index is 1.29. The standard InChI is InChI=1S/C26H28N6O3/c1-16-9-23-22(29-12-16)5-3-20(31-23)7-8-35-21-4-6-24-18(10-21)15-30-32(24)25(11-26(33)34)19-13-27-17(2)28-14-19/h3-6,10,13-16,25,29H,7-9,11-12H2,1-2H3,(H,33,34)/t16-,25+/m1/s1. The van der Waals surface area contributed by atoms with Crippen molar-refractivity contribution >= 4 is 22.6 Å². The summed E-state index contributed by atoms with van der Waals surface area (Å²) in [6.07, 6.45) is 6.63. The fraction of sp³-hybridized carbons (Fsp3) is 0.346. The fourth-order valence-corrected chi connectivity index (χ4v) is 4.42. The molecule has 0 saturated heterocycles. The van der Waals surface area contributed by atoms with E-state index in [4.69, 9.17) is 9.72 Å². The van der Waals surface area contributed by atoms with E-state index in [1.54, 1.807) is 30.2 Å². The minimum Gasteiger partial charge on any atom is -0.493 e. The summed E-state index contributed by atoms with van der Waals surface area (Å²) in [6, 6.07) is 9.37. The van der Waals surface area contributed by atoms with Crippen molar-refractivity contribution in [1.82, 2.24) is 24.7 Å². The summed E-state index contributed by atoms with van der Waals surface area (Å²) >= 11 is 0. The predicted molar refractivity (Wildman–Crippen MR) is 132 cm³/mol. The van der Waals surface area contributed by atoms with Crippen molar-refractivity contribution in [3.63, 3.8) is 0 Å². The van der Waals surface area contributed by atoms with Crippen LogP contribution in [0.3, 0.4) is 0 Å². The molecule has 0 saturated carbocycles. The van der Waals surface area contributed by atoms with Gasteiger partial charge in [-0.1, -0.05) is 6.92 Å². The van der Waals surface area contributed by atoms with Gasteiger partial charge in [0.2, 0.25) is 0 Å². The average Bonchev–Trinajstić information content (AvgIpc) is 3.26. The van der Waals surface area contributed by atoms with E-state index in [0.717, 1.165) is 46.7 Å². The SMILES string of the molecule is Cc1ncc([C@H](CC(=O)O)n2ncc3cc(OCCc4ccc5c(n4)C[C@@H](C)CN5)ccc32)cn1. The number of nitrogens with one attached hydrogen (secondary N) is 1. The van der Waals surface area contributed by atoms with E-state index in [2.05, 4.69) is 39.4 Å². The minimum atomic E-state index is -0.916. The highest BCUT2D eigenvalue weighted by Gasteiger charge is 2.21. The number of anilines is 1. The van der Waals surface area contributed by atoms with Crippen molar-refractivity contribution in [2.45, 2.75) is 39.2 Å². The molecule has 0 bridgehead atoms. The lowest BCUT2D eigenvalue weighted by Crippen LogP contribution is -2.22. The van der Waals surface area contributed by atoms with E-state index in [-0.39, 0.29) is 6.42 Å². The van der Waals surface area contributed by atoms with Gasteiger partial charge in [0.1, 0.15) is 11.6 Å². The number of rotatable bonds is 8. The van der Waals surface area contributed by atoms with Crippen molar-refractivity contribution in [1.29, 1.82) is 0 Å². The van der Waals surface area contributed by atoms with Crippen LogP contribution in [0.1, 0.15) is 42.2 Å². The number of aliphatic carboxylic acids is 1. The second kappa shape index (κ2) is 9.69. The zero-order valence-electron chi connectivity index (χ0n) is 19.8. The minimum absolute atomic E-state index is 0.121. The number of nitrogens with zero attached hydrogens (tertiary/aromatic N) is 5. The van der Waals surface area contributed by atoms with Gasteiger partial charge >= 0.3 is 5.97 Å². The molecule has 35 heavy (non-hydrogen) atoms. The topological polar surface area (TPSA) is 115 Å². The number of ether oxygens (including phenoxy) is 1. The molecule has 1 aromatic carbocycles. The molecule has 1 aliphatic rings. The maximum atomic E-state index is 11.6. The number of carbonyl (C=O) groups is 1. The molecule has 0 amide bonds. The summed E-state index contributed by atoms with van der Waals surface area (Å²) in [5.74, 6) is 1.04. The number of benzene rings is 1. The number of fused-ring (bicyclic) bond motifs is 2. The lowest BCUT2D eigenvalue weighted by atomic mass is 9.99. The number of pyridine rings is 1. The van der Waals surface area contributed by atoms with Gasteiger partial charge in [-0.3, -0.25) is 14.5 Å². The largest absolute Gasteiger partial charge is 0.493 e. The van der Waals surface area contributed by atoms with Crippen LogP contribution in [0.4, 0.5) is 5.69 Å². The van der Waals surface area contributed by atoms with Crippen molar-refractivity contribution in [2.75, 3.05) is 18.5 Å². The maximum Gasteiger partial charge on any atom is 0.305 e. The Labute approximate surface area is 203 Å². The van der Waals surface area contributed by atoms with Gasteiger partial charge in [0.05, 0.1) is 42.2 Å².